The van der Waals surface area contributed by atoms with Crippen molar-refractivity contribution in [2.24, 2.45) is 0 Å². The van der Waals surface area contributed by atoms with Crippen molar-refractivity contribution in [3.63, 3.8) is 0 Å². The van der Waals surface area contributed by atoms with Crippen molar-refractivity contribution in [1.82, 2.24) is 19.9 Å². The summed E-state index contributed by atoms with van der Waals surface area (Å²) in [5.41, 5.74) is 3.56. The third-order valence-electron chi connectivity index (χ3n) is 8.76. The number of nitrogens with one attached hydrogen (secondary N) is 2. The number of anilines is 2. The number of nitrogens with zero attached hydrogens (tertiary/aromatic N) is 4. The molecule has 4 aromatic carbocycles. The van der Waals surface area contributed by atoms with Gasteiger partial charge in [0.05, 0.1) is 42.4 Å². The fraction of sp³-hybridized carbons (Fsp3) is 0.111. The average molecular weight is 1200 g/mol. The van der Waals surface area contributed by atoms with E-state index in [4.69, 9.17) is 60.5 Å². The maximum atomic E-state index is 8.49. The molecular weight excluding hydrogens is 1150 g/mol. The molecule has 8 aromatic rings. The first-order valence-corrected chi connectivity index (χ1v) is 26.2. The third kappa shape index (κ3) is 21.7. The zero-order valence-corrected chi connectivity index (χ0v) is 42.5. The number of rotatable bonds is 10. The Labute approximate surface area is 413 Å². The summed E-state index contributed by atoms with van der Waals surface area (Å²) in [6.07, 6.45) is 1.76. The first-order valence-electron chi connectivity index (χ1n) is 19.3. The van der Waals surface area contributed by atoms with Crippen LogP contribution in [0.3, 0.4) is 0 Å². The Bertz CT molecular complexity index is 2350. The zero-order valence-electron chi connectivity index (χ0n) is 35.2. The largest absolute Gasteiger partial charge is 2.00 e. The molecule has 348 valence electrons. The van der Waals surface area contributed by atoms with Gasteiger partial charge in [0.25, 0.3) is 0 Å². The zero-order chi connectivity index (χ0) is 47.2. The van der Waals surface area contributed by atoms with Gasteiger partial charge in [-0.15, -0.1) is 43.7 Å². The molecule has 66 heavy (non-hydrogen) atoms. The number of aromatic nitrogens is 4. The summed E-state index contributed by atoms with van der Waals surface area (Å²) < 4.78 is 67.9. The van der Waals surface area contributed by atoms with E-state index >= 15 is 0 Å². The van der Waals surface area contributed by atoms with Crippen molar-refractivity contribution in [2.75, 3.05) is 28.5 Å². The molecule has 4 heterocycles. The molecular formula is C45H44Cl4N6O8P2Pt+2. The molecule has 0 saturated carbocycles. The normalized spacial score (nSPS) is 10.8. The molecule has 0 unspecified atom stereocenters. The number of fused-ring (bicyclic) bond motifs is 2. The Morgan fingerprint density at radius 3 is 0.909 bits per heavy atom. The number of halogens is 4. The van der Waals surface area contributed by atoms with E-state index in [1.165, 1.54) is 21.2 Å². The van der Waals surface area contributed by atoms with Gasteiger partial charge in [-0.05, 0) is 111 Å². The van der Waals surface area contributed by atoms with Gasteiger partial charge in [0, 0.05) is 22.2 Å². The van der Waals surface area contributed by atoms with Crippen molar-refractivity contribution >= 4 is 94.0 Å². The molecule has 0 bridgehead atoms. The SMILES string of the molecule is Cc1ccc2ccc(NC[PH+](c3ccccc3)c3ccccc3)nc2n1.Cc1ccc2ccc(NC[PH+](c3ccccc3)c3ccccc3)nc2n1.ClCCl.[O-][Cl+3]([O-])([O-])[O-].[O-][Cl+3]([O-])([O-])[O-].[Pt+2]. The summed E-state index contributed by atoms with van der Waals surface area (Å²) in [4.78, 5) is 18.5. The van der Waals surface area contributed by atoms with E-state index in [-0.39, 0.29) is 26.4 Å². The monoisotopic (exact) mass is 1190 g/mol. The van der Waals surface area contributed by atoms with Crippen LogP contribution in [0.2, 0.25) is 0 Å². The Morgan fingerprint density at radius 1 is 0.409 bits per heavy atom. The van der Waals surface area contributed by atoms with Crippen molar-refractivity contribution in [3.8, 4) is 0 Å². The molecule has 2 N–H and O–H groups in total. The van der Waals surface area contributed by atoms with E-state index in [0.29, 0.717) is 0 Å². The maximum Gasteiger partial charge on any atom is 2.00 e. The van der Waals surface area contributed by atoms with Crippen molar-refractivity contribution in [1.29, 1.82) is 0 Å². The first kappa shape index (κ1) is 56.3. The minimum Gasteiger partial charge on any atom is -0.338 e. The van der Waals surface area contributed by atoms with Gasteiger partial charge in [-0.3, -0.25) is 0 Å². The van der Waals surface area contributed by atoms with E-state index in [2.05, 4.69) is 176 Å². The minimum absolute atomic E-state index is 0. The molecule has 8 rings (SSSR count). The van der Waals surface area contributed by atoms with Gasteiger partial charge in [0.2, 0.25) is 0 Å². The first-order chi connectivity index (χ1) is 31.0. The van der Waals surface area contributed by atoms with Gasteiger partial charge >= 0.3 is 21.1 Å². The second kappa shape index (κ2) is 29.0. The molecule has 0 aliphatic rings. The number of pyridine rings is 4. The molecule has 0 aliphatic heterocycles. The van der Waals surface area contributed by atoms with Gasteiger partial charge in [-0.25, -0.2) is 57.2 Å². The van der Waals surface area contributed by atoms with Crippen LogP contribution in [-0.4, -0.2) is 37.8 Å². The summed E-state index contributed by atoms with van der Waals surface area (Å²) >= 11 is 9.53. The number of alkyl halides is 2. The quantitative estimate of drug-likeness (QED) is 0.138. The number of benzene rings is 4. The van der Waals surface area contributed by atoms with Crippen LogP contribution >= 0.6 is 39.0 Å². The fourth-order valence-corrected chi connectivity index (χ4v) is 10.6. The molecule has 4 aromatic heterocycles. The molecule has 0 atom stereocenters. The predicted octanol–water partition coefficient (Wildman–Crippen LogP) is 0.253. The maximum absolute atomic E-state index is 8.49. The molecule has 0 amide bonds. The predicted molar refractivity (Wildman–Crippen MR) is 243 cm³/mol. The van der Waals surface area contributed by atoms with Crippen molar-refractivity contribution in [3.05, 3.63) is 181 Å². The van der Waals surface area contributed by atoms with Crippen LogP contribution in [-0.2, 0) is 21.1 Å². The van der Waals surface area contributed by atoms with E-state index in [0.717, 1.165) is 57.7 Å². The van der Waals surface area contributed by atoms with Gasteiger partial charge in [-0.2, -0.15) is 0 Å². The molecule has 21 heteroatoms. The molecule has 14 nitrogen and oxygen atoms in total. The van der Waals surface area contributed by atoms with Crippen LogP contribution in [0, 0.1) is 34.3 Å². The smallest absolute Gasteiger partial charge is 0.338 e. The summed E-state index contributed by atoms with van der Waals surface area (Å²) in [5, 5.41) is 15.0. The Kier molecular flexibility index (Phi) is 24.7. The summed E-state index contributed by atoms with van der Waals surface area (Å²) in [5.74, 6) is 1.76. The number of hydrogen-bond donors (Lipinski definition) is 2. The van der Waals surface area contributed by atoms with Gasteiger partial charge < -0.3 is 10.6 Å². The summed E-state index contributed by atoms with van der Waals surface area (Å²) in [7, 11) is -11.7. The Balaban J connectivity index is 0.000000274. The van der Waals surface area contributed by atoms with Gasteiger partial charge in [0.15, 0.2) is 11.3 Å². The Morgan fingerprint density at radius 2 is 0.652 bits per heavy atom. The van der Waals surface area contributed by atoms with Crippen LogP contribution in [0.1, 0.15) is 11.4 Å². The Hall–Kier alpha value is -4.01. The molecule has 0 spiro atoms. The standard InChI is InChI=1S/2C22H20N3P.CH2Cl2.2ClHO4.Pt/c2*1-17-12-13-18-14-15-21(25-22(18)24-17)23-16-26(19-8-4-2-5-9-19)20-10-6-3-7-11-20;2-1-3;2*2-1(3,4)5;/h2*2-15H,16H2,1H3,(H,23,24,25);1H2;2*(H,2,3,4,5);/q;;;;;+2. The number of hydrogen-bond acceptors (Lipinski definition) is 14. The second-order valence-corrected chi connectivity index (χ2v) is 20.6. The van der Waals surface area contributed by atoms with Crippen molar-refractivity contribution < 1.29 is 78.8 Å². The topological polar surface area (TPSA) is 260 Å². The molecule has 0 saturated heterocycles. The van der Waals surface area contributed by atoms with E-state index in [9.17, 15) is 0 Å². The molecule has 0 fully saturated rings. The van der Waals surface area contributed by atoms with E-state index in [1.807, 2.05) is 38.1 Å². The van der Waals surface area contributed by atoms with Crippen LogP contribution < -0.4 is 69.1 Å². The molecule has 0 radical (unpaired) electrons. The minimum atomic E-state index is -4.94. The van der Waals surface area contributed by atoms with Gasteiger partial charge in [0.1, 0.15) is 24.2 Å². The number of aryl methyl sites for hydroxylation is 2. The van der Waals surface area contributed by atoms with Gasteiger partial charge in [-0.1, -0.05) is 72.8 Å². The van der Waals surface area contributed by atoms with Crippen LogP contribution in [0.5, 0.6) is 0 Å². The van der Waals surface area contributed by atoms with Crippen molar-refractivity contribution in [2.45, 2.75) is 13.8 Å². The van der Waals surface area contributed by atoms with Crippen LogP contribution in [0.15, 0.2) is 170 Å². The molecule has 0 aliphatic carbocycles. The van der Waals surface area contributed by atoms with E-state index in [1.54, 1.807) is 0 Å². The summed E-state index contributed by atoms with van der Waals surface area (Å²) in [6, 6.07) is 59.4. The van der Waals surface area contributed by atoms with E-state index < -0.39 is 36.3 Å². The summed E-state index contributed by atoms with van der Waals surface area (Å²) in [6.45, 7) is 3.99. The van der Waals surface area contributed by atoms with Crippen LogP contribution in [0.25, 0.3) is 22.1 Å². The van der Waals surface area contributed by atoms with Crippen LogP contribution in [0.4, 0.5) is 11.6 Å². The second-order valence-electron chi connectivity index (χ2n) is 13.4. The fourth-order valence-electron chi connectivity index (χ4n) is 6.04. The average Bonchev–Trinajstić information content (AvgIpc) is 3.27. The third-order valence-corrected chi connectivity index (χ3v) is 13.9.